The number of nitrogens with zero attached hydrogens (tertiary/aromatic N) is 1. The second-order valence-corrected chi connectivity index (χ2v) is 4.68. The van der Waals surface area contributed by atoms with Crippen LogP contribution in [0.2, 0.25) is 0 Å². The Balaban J connectivity index is 2.83. The van der Waals surface area contributed by atoms with Gasteiger partial charge in [-0.05, 0) is 38.5 Å². The zero-order valence-electron chi connectivity index (χ0n) is 12.6. The predicted molar refractivity (Wildman–Crippen MR) is 85.1 cm³/mol. The lowest BCUT2D eigenvalue weighted by Gasteiger charge is -2.19. The molecule has 1 aromatic rings. The van der Waals surface area contributed by atoms with Crippen molar-refractivity contribution < 1.29 is 9.59 Å². The van der Waals surface area contributed by atoms with Crippen molar-refractivity contribution in [2.45, 2.75) is 26.3 Å². The molecule has 2 amide bonds. The lowest BCUT2D eigenvalue weighted by atomic mass is 10.1. The van der Waals surface area contributed by atoms with Gasteiger partial charge in [0.2, 0.25) is 5.91 Å². The maximum absolute atomic E-state index is 12.3. The van der Waals surface area contributed by atoms with Gasteiger partial charge in [-0.2, -0.15) is 0 Å². The molecule has 1 aromatic carbocycles. The van der Waals surface area contributed by atoms with Gasteiger partial charge in [0.05, 0.1) is 6.04 Å². The third-order valence-corrected chi connectivity index (χ3v) is 3.19. The molecule has 0 spiro atoms. The minimum absolute atomic E-state index is 0.0495. The second-order valence-electron chi connectivity index (χ2n) is 4.68. The smallest absolute Gasteiger partial charge is 0.253 e. The minimum Gasteiger partial charge on any atom is -0.339 e. The third kappa shape index (κ3) is 4.72. The first-order valence-electron chi connectivity index (χ1n) is 7.10. The molecule has 0 aliphatic heterocycles. The minimum atomic E-state index is -0.635. The lowest BCUT2D eigenvalue weighted by molar-refractivity contribution is -0.117. The van der Waals surface area contributed by atoms with Crippen molar-refractivity contribution in [3.63, 3.8) is 0 Å². The second kappa shape index (κ2) is 8.21. The van der Waals surface area contributed by atoms with E-state index in [1.807, 2.05) is 13.8 Å². The Morgan fingerprint density at radius 2 is 2.05 bits per heavy atom. The number of nitrogens with two attached hydrogens (primary N) is 1. The number of benzene rings is 1. The maximum Gasteiger partial charge on any atom is 0.253 e. The van der Waals surface area contributed by atoms with Crippen LogP contribution in [0.1, 0.15) is 30.6 Å². The van der Waals surface area contributed by atoms with Crippen LogP contribution >= 0.6 is 0 Å². The molecule has 0 heterocycles. The Kier molecular flexibility index (Phi) is 6.62. The maximum atomic E-state index is 12.3. The average Bonchev–Trinajstić information content (AvgIpc) is 2.48. The fraction of sp³-hybridized carbons (Fsp3) is 0.375. The summed E-state index contributed by atoms with van der Waals surface area (Å²) in [5, 5.41) is 2.71. The van der Waals surface area contributed by atoms with E-state index >= 15 is 0 Å². The number of anilines is 1. The highest BCUT2D eigenvalue weighted by molar-refractivity contribution is 5.98. The molecular weight excluding hydrogens is 266 g/mol. The molecule has 0 fully saturated rings. The summed E-state index contributed by atoms with van der Waals surface area (Å²) in [6.07, 6.45) is 2.01. The van der Waals surface area contributed by atoms with Gasteiger partial charge in [0.15, 0.2) is 0 Å². The number of carbonyl (C=O) groups excluding carboxylic acids is 2. The van der Waals surface area contributed by atoms with Gasteiger partial charge in [0.25, 0.3) is 5.91 Å². The van der Waals surface area contributed by atoms with Crippen molar-refractivity contribution in [2.75, 3.05) is 18.4 Å². The van der Waals surface area contributed by atoms with Crippen molar-refractivity contribution in [2.24, 2.45) is 5.73 Å². The summed E-state index contributed by atoms with van der Waals surface area (Å²) in [7, 11) is 0. The molecule has 5 heteroatoms. The van der Waals surface area contributed by atoms with Crippen LogP contribution in [-0.2, 0) is 4.79 Å². The molecule has 5 nitrogen and oxygen atoms in total. The SMILES string of the molecule is C=CCC(N)C(=O)Nc1cccc(C(=O)N(CC)CC)c1. The van der Waals surface area contributed by atoms with Crippen molar-refractivity contribution in [1.29, 1.82) is 0 Å². The first-order chi connectivity index (χ1) is 10.0. The van der Waals surface area contributed by atoms with Crippen LogP contribution in [0.4, 0.5) is 5.69 Å². The van der Waals surface area contributed by atoms with Crippen LogP contribution in [0.15, 0.2) is 36.9 Å². The van der Waals surface area contributed by atoms with Crippen LogP contribution in [0.3, 0.4) is 0 Å². The average molecular weight is 289 g/mol. The number of nitrogens with one attached hydrogen (secondary N) is 1. The Hall–Kier alpha value is -2.14. The number of rotatable bonds is 7. The van der Waals surface area contributed by atoms with E-state index in [0.717, 1.165) is 0 Å². The molecular formula is C16H23N3O2. The zero-order valence-corrected chi connectivity index (χ0v) is 12.6. The number of carbonyl (C=O) groups is 2. The van der Waals surface area contributed by atoms with E-state index in [0.29, 0.717) is 30.8 Å². The summed E-state index contributed by atoms with van der Waals surface area (Å²) in [6, 6.07) is 6.24. The molecule has 21 heavy (non-hydrogen) atoms. The van der Waals surface area contributed by atoms with E-state index < -0.39 is 6.04 Å². The molecule has 1 unspecified atom stereocenters. The van der Waals surface area contributed by atoms with Gasteiger partial charge in [0, 0.05) is 24.3 Å². The van der Waals surface area contributed by atoms with Crippen molar-refractivity contribution in [3.8, 4) is 0 Å². The summed E-state index contributed by atoms with van der Waals surface area (Å²) in [6.45, 7) is 8.72. The largest absolute Gasteiger partial charge is 0.339 e. The topological polar surface area (TPSA) is 75.4 Å². The third-order valence-electron chi connectivity index (χ3n) is 3.19. The highest BCUT2D eigenvalue weighted by atomic mass is 16.2. The zero-order chi connectivity index (χ0) is 15.8. The molecule has 0 radical (unpaired) electrons. The van der Waals surface area contributed by atoms with E-state index in [1.54, 1.807) is 35.2 Å². The van der Waals surface area contributed by atoms with Crippen LogP contribution in [0.25, 0.3) is 0 Å². The van der Waals surface area contributed by atoms with Crippen LogP contribution in [0, 0.1) is 0 Å². The number of amides is 2. The number of hydrogen-bond acceptors (Lipinski definition) is 3. The van der Waals surface area contributed by atoms with Crippen molar-refractivity contribution in [3.05, 3.63) is 42.5 Å². The molecule has 0 aliphatic rings. The van der Waals surface area contributed by atoms with Crippen molar-refractivity contribution in [1.82, 2.24) is 4.90 Å². The van der Waals surface area contributed by atoms with Crippen LogP contribution in [0.5, 0.6) is 0 Å². The summed E-state index contributed by atoms with van der Waals surface area (Å²) in [5.41, 5.74) is 6.82. The predicted octanol–water partition coefficient (Wildman–Crippen LogP) is 2.01. The standard InChI is InChI=1S/C16H23N3O2/c1-4-8-14(17)15(20)18-13-10-7-9-12(11-13)16(21)19(5-2)6-3/h4,7,9-11,14H,1,5-6,8,17H2,2-3H3,(H,18,20). The molecule has 0 aromatic heterocycles. The summed E-state index contributed by atoms with van der Waals surface area (Å²) in [5.74, 6) is -0.339. The normalized spacial score (nSPS) is 11.6. The van der Waals surface area contributed by atoms with E-state index in [2.05, 4.69) is 11.9 Å². The quantitative estimate of drug-likeness (QED) is 0.754. The summed E-state index contributed by atoms with van der Waals surface area (Å²) < 4.78 is 0. The Morgan fingerprint density at radius 1 is 1.38 bits per heavy atom. The molecule has 0 saturated heterocycles. The monoisotopic (exact) mass is 289 g/mol. The lowest BCUT2D eigenvalue weighted by Crippen LogP contribution is -2.35. The first kappa shape index (κ1) is 16.9. The van der Waals surface area contributed by atoms with Crippen LogP contribution in [-0.4, -0.2) is 35.8 Å². The molecule has 0 bridgehead atoms. The highest BCUT2D eigenvalue weighted by Gasteiger charge is 2.15. The van der Waals surface area contributed by atoms with Gasteiger partial charge in [-0.25, -0.2) is 0 Å². The molecule has 0 saturated carbocycles. The fourth-order valence-corrected chi connectivity index (χ4v) is 1.94. The first-order valence-corrected chi connectivity index (χ1v) is 7.10. The van der Waals surface area contributed by atoms with Gasteiger partial charge < -0.3 is 16.0 Å². The summed E-state index contributed by atoms with van der Waals surface area (Å²) in [4.78, 5) is 25.8. The highest BCUT2D eigenvalue weighted by Crippen LogP contribution is 2.13. The van der Waals surface area contributed by atoms with Gasteiger partial charge >= 0.3 is 0 Å². The van der Waals surface area contributed by atoms with E-state index in [1.165, 1.54) is 0 Å². The Labute approximate surface area is 125 Å². The van der Waals surface area contributed by atoms with Gasteiger partial charge in [0.1, 0.15) is 0 Å². The summed E-state index contributed by atoms with van der Waals surface area (Å²) >= 11 is 0. The van der Waals surface area contributed by atoms with Gasteiger partial charge in [-0.3, -0.25) is 9.59 Å². The van der Waals surface area contributed by atoms with E-state index in [9.17, 15) is 9.59 Å². The molecule has 3 N–H and O–H groups in total. The fourth-order valence-electron chi connectivity index (χ4n) is 1.94. The van der Waals surface area contributed by atoms with Crippen molar-refractivity contribution >= 4 is 17.5 Å². The molecule has 0 aliphatic carbocycles. The van der Waals surface area contributed by atoms with E-state index in [4.69, 9.17) is 5.73 Å². The molecule has 114 valence electrons. The van der Waals surface area contributed by atoms with E-state index in [-0.39, 0.29) is 11.8 Å². The Bertz CT molecular complexity index is 510. The van der Waals surface area contributed by atoms with Crippen LogP contribution < -0.4 is 11.1 Å². The molecule has 1 atom stereocenters. The van der Waals surface area contributed by atoms with Gasteiger partial charge in [-0.15, -0.1) is 6.58 Å². The Morgan fingerprint density at radius 3 is 2.62 bits per heavy atom. The van der Waals surface area contributed by atoms with Gasteiger partial charge in [-0.1, -0.05) is 12.1 Å². The molecule has 1 rings (SSSR count). The number of hydrogen-bond donors (Lipinski definition) is 2.